The van der Waals surface area contributed by atoms with Crippen LogP contribution in [0.2, 0.25) is 0 Å². The van der Waals surface area contributed by atoms with Crippen molar-refractivity contribution in [2.75, 3.05) is 37.7 Å². The van der Waals surface area contributed by atoms with Crippen molar-refractivity contribution in [1.29, 1.82) is 0 Å². The lowest BCUT2D eigenvalue weighted by Gasteiger charge is -2.38. The number of piperazine rings is 1. The molecule has 1 amide bonds. The van der Waals surface area contributed by atoms with Crippen molar-refractivity contribution in [3.8, 4) is 0 Å². The Balaban J connectivity index is 1.55. The van der Waals surface area contributed by atoms with Crippen molar-refractivity contribution in [3.05, 3.63) is 54.4 Å². The van der Waals surface area contributed by atoms with Crippen LogP contribution in [0.4, 0.5) is 5.95 Å². The van der Waals surface area contributed by atoms with E-state index >= 15 is 0 Å². The fourth-order valence-electron chi connectivity index (χ4n) is 3.69. The van der Waals surface area contributed by atoms with E-state index in [-0.39, 0.29) is 12.5 Å². The van der Waals surface area contributed by atoms with Crippen LogP contribution in [-0.4, -0.2) is 65.5 Å². The molecule has 156 valence electrons. The van der Waals surface area contributed by atoms with Crippen molar-refractivity contribution in [1.82, 2.24) is 20.2 Å². The van der Waals surface area contributed by atoms with Gasteiger partial charge in [0.05, 0.1) is 6.61 Å². The second-order valence-electron chi connectivity index (χ2n) is 7.05. The number of carbonyl (C=O) groups is 2. The summed E-state index contributed by atoms with van der Waals surface area (Å²) < 4.78 is 5.14. The first-order chi connectivity index (χ1) is 14.7. The first-order valence-corrected chi connectivity index (χ1v) is 10.0. The summed E-state index contributed by atoms with van der Waals surface area (Å²) in [6, 6.07) is 10.6. The predicted molar refractivity (Wildman–Crippen MR) is 111 cm³/mol. The van der Waals surface area contributed by atoms with Crippen molar-refractivity contribution in [2.24, 2.45) is 10.9 Å². The summed E-state index contributed by atoms with van der Waals surface area (Å²) in [5, 5.41) is 2.82. The molecule has 0 unspecified atom stereocenters. The van der Waals surface area contributed by atoms with E-state index < -0.39 is 17.9 Å². The summed E-state index contributed by atoms with van der Waals surface area (Å²) in [6.07, 6.45) is 3.44. The second kappa shape index (κ2) is 8.89. The van der Waals surface area contributed by atoms with Gasteiger partial charge < -0.3 is 14.5 Å². The molecule has 0 radical (unpaired) electrons. The number of guanidine groups is 1. The van der Waals surface area contributed by atoms with Gasteiger partial charge in [-0.3, -0.25) is 14.9 Å². The maximum absolute atomic E-state index is 12.9. The smallest absolute Gasteiger partial charge is 0.321 e. The highest BCUT2D eigenvalue weighted by molar-refractivity contribution is 6.08. The van der Waals surface area contributed by atoms with Crippen molar-refractivity contribution in [2.45, 2.75) is 13.0 Å². The number of aliphatic imine (C=N–C) groups is 1. The van der Waals surface area contributed by atoms with Gasteiger partial charge in [-0.2, -0.15) is 0 Å². The molecule has 1 N–H and O–H groups in total. The summed E-state index contributed by atoms with van der Waals surface area (Å²) in [5.41, 5.74) is 0.805. The summed E-state index contributed by atoms with van der Waals surface area (Å²) in [5.74, 6) is -0.770. The van der Waals surface area contributed by atoms with E-state index in [0.717, 1.165) is 5.56 Å². The summed E-state index contributed by atoms with van der Waals surface area (Å²) in [4.78, 5) is 42.8. The van der Waals surface area contributed by atoms with E-state index in [4.69, 9.17) is 9.73 Å². The molecule has 9 heteroatoms. The van der Waals surface area contributed by atoms with Gasteiger partial charge in [0.2, 0.25) is 17.8 Å². The van der Waals surface area contributed by atoms with Crippen LogP contribution in [0, 0.1) is 5.92 Å². The van der Waals surface area contributed by atoms with Crippen LogP contribution < -0.4 is 10.2 Å². The lowest BCUT2D eigenvalue weighted by Crippen LogP contribution is -2.57. The zero-order valence-electron chi connectivity index (χ0n) is 16.8. The Kier molecular flexibility index (Phi) is 5.87. The van der Waals surface area contributed by atoms with Crippen molar-refractivity contribution in [3.63, 3.8) is 0 Å². The standard InChI is InChI=1S/C21H24N6O3/c1-2-30-19(29)16-17(15-7-4-3-5-8-15)24-21(25-18(16)28)27-13-11-26(12-14-27)20-22-9-6-10-23-20/h3-10,16-17H,2,11-14H2,1H3,(H,24,25,28)/t16-,17-/m1/s1. The number of anilines is 1. The highest BCUT2D eigenvalue weighted by Gasteiger charge is 2.42. The molecule has 1 fully saturated rings. The van der Waals surface area contributed by atoms with Gasteiger partial charge in [-0.15, -0.1) is 0 Å². The molecular formula is C21H24N6O3. The molecule has 9 nitrogen and oxygen atoms in total. The molecule has 0 saturated carbocycles. The molecule has 3 heterocycles. The molecule has 1 aromatic heterocycles. The molecular weight excluding hydrogens is 384 g/mol. The molecule has 2 aliphatic rings. The zero-order valence-corrected chi connectivity index (χ0v) is 16.8. The fourth-order valence-corrected chi connectivity index (χ4v) is 3.69. The molecule has 2 atom stereocenters. The van der Waals surface area contributed by atoms with Gasteiger partial charge in [0.15, 0.2) is 5.92 Å². The Morgan fingerprint density at radius 2 is 1.73 bits per heavy atom. The first-order valence-electron chi connectivity index (χ1n) is 10.0. The number of hydrogen-bond donors (Lipinski definition) is 1. The van der Waals surface area contributed by atoms with Crippen LogP contribution in [0.3, 0.4) is 0 Å². The summed E-state index contributed by atoms with van der Waals surface area (Å²) in [6.45, 7) is 4.66. The predicted octanol–water partition coefficient (Wildman–Crippen LogP) is 1.01. The first kappa shape index (κ1) is 19.8. The third kappa shape index (κ3) is 4.10. The zero-order chi connectivity index (χ0) is 20.9. The average Bonchev–Trinajstić information content (AvgIpc) is 2.80. The number of amides is 1. The maximum atomic E-state index is 12.9. The van der Waals surface area contributed by atoms with Crippen LogP contribution >= 0.6 is 0 Å². The van der Waals surface area contributed by atoms with Crippen molar-refractivity contribution >= 4 is 23.8 Å². The average molecular weight is 408 g/mol. The molecule has 30 heavy (non-hydrogen) atoms. The van der Waals surface area contributed by atoms with E-state index in [1.165, 1.54) is 0 Å². The molecule has 4 rings (SSSR count). The highest BCUT2D eigenvalue weighted by Crippen LogP contribution is 2.31. The molecule has 2 aliphatic heterocycles. The van der Waals surface area contributed by atoms with Crippen LogP contribution in [-0.2, 0) is 14.3 Å². The molecule has 2 aromatic rings. The monoisotopic (exact) mass is 408 g/mol. The van der Waals surface area contributed by atoms with Gasteiger partial charge >= 0.3 is 5.97 Å². The number of benzene rings is 1. The van der Waals surface area contributed by atoms with Gasteiger partial charge in [-0.1, -0.05) is 30.3 Å². The van der Waals surface area contributed by atoms with Gasteiger partial charge in [-0.25, -0.2) is 15.0 Å². The fraction of sp³-hybridized carbons (Fsp3) is 0.381. The Morgan fingerprint density at radius 3 is 2.40 bits per heavy atom. The summed E-state index contributed by atoms with van der Waals surface area (Å²) >= 11 is 0. The highest BCUT2D eigenvalue weighted by atomic mass is 16.5. The second-order valence-corrected chi connectivity index (χ2v) is 7.05. The molecule has 1 aromatic carbocycles. The lowest BCUT2D eigenvalue weighted by molar-refractivity contribution is -0.153. The normalized spacial score (nSPS) is 21.6. The van der Waals surface area contributed by atoms with Gasteiger partial charge in [0, 0.05) is 38.6 Å². The maximum Gasteiger partial charge on any atom is 0.321 e. The number of hydrogen-bond acceptors (Lipinski definition) is 8. The Bertz CT molecular complexity index is 913. The molecule has 0 spiro atoms. The quantitative estimate of drug-likeness (QED) is 0.595. The lowest BCUT2D eigenvalue weighted by atomic mass is 9.91. The van der Waals surface area contributed by atoms with Gasteiger partial charge in [0.1, 0.15) is 6.04 Å². The largest absolute Gasteiger partial charge is 0.465 e. The topological polar surface area (TPSA) is 100 Å². The third-order valence-electron chi connectivity index (χ3n) is 5.19. The SMILES string of the molecule is CCOC(=O)[C@H]1C(=O)NC(N2CCN(c3ncccn3)CC2)=N[C@@H]1c1ccccc1. The van der Waals surface area contributed by atoms with E-state index in [0.29, 0.717) is 38.1 Å². The number of nitrogens with zero attached hydrogens (tertiary/aromatic N) is 5. The van der Waals surface area contributed by atoms with Gasteiger partial charge in [0.25, 0.3) is 0 Å². The van der Waals surface area contributed by atoms with Gasteiger partial charge in [-0.05, 0) is 18.6 Å². The van der Waals surface area contributed by atoms with E-state index in [1.54, 1.807) is 25.4 Å². The minimum absolute atomic E-state index is 0.213. The minimum Gasteiger partial charge on any atom is -0.465 e. The third-order valence-corrected chi connectivity index (χ3v) is 5.19. The molecule has 1 saturated heterocycles. The van der Waals surface area contributed by atoms with Crippen LogP contribution in [0.25, 0.3) is 0 Å². The Hall–Kier alpha value is -3.49. The molecule has 0 bridgehead atoms. The number of rotatable bonds is 4. The number of esters is 1. The van der Waals surface area contributed by atoms with Crippen LogP contribution in [0.1, 0.15) is 18.5 Å². The number of nitrogens with one attached hydrogen (secondary N) is 1. The summed E-state index contributed by atoms with van der Waals surface area (Å²) in [7, 11) is 0. The number of ether oxygens (including phenoxy) is 1. The molecule has 0 aliphatic carbocycles. The van der Waals surface area contributed by atoms with Crippen LogP contribution in [0.15, 0.2) is 53.8 Å². The van der Waals surface area contributed by atoms with E-state index in [9.17, 15) is 9.59 Å². The Morgan fingerprint density at radius 1 is 1.07 bits per heavy atom. The van der Waals surface area contributed by atoms with E-state index in [1.807, 2.05) is 35.2 Å². The Labute approximate surface area is 174 Å². The van der Waals surface area contributed by atoms with Crippen LogP contribution in [0.5, 0.6) is 0 Å². The number of aromatic nitrogens is 2. The minimum atomic E-state index is -1.00. The van der Waals surface area contributed by atoms with E-state index in [2.05, 4.69) is 20.2 Å². The number of carbonyl (C=O) groups excluding carboxylic acids is 2. The van der Waals surface area contributed by atoms with Crippen molar-refractivity contribution < 1.29 is 14.3 Å².